The summed E-state index contributed by atoms with van der Waals surface area (Å²) in [5.74, 6) is -1.06. The van der Waals surface area contributed by atoms with Gasteiger partial charge in [0.25, 0.3) is 0 Å². The summed E-state index contributed by atoms with van der Waals surface area (Å²) in [5, 5.41) is 8.91. The molecule has 0 atom stereocenters. The third kappa shape index (κ3) is 4.61. The van der Waals surface area contributed by atoms with Gasteiger partial charge in [0.2, 0.25) is 5.82 Å². The zero-order valence-corrected chi connectivity index (χ0v) is 12.8. The van der Waals surface area contributed by atoms with Crippen molar-refractivity contribution < 1.29 is 14.6 Å². The molecule has 17 heavy (non-hydrogen) atoms. The van der Waals surface area contributed by atoms with E-state index in [0.717, 1.165) is 6.04 Å². The van der Waals surface area contributed by atoms with Crippen molar-refractivity contribution in [3.8, 4) is 0 Å². The molecule has 0 radical (unpaired) electrons. The van der Waals surface area contributed by atoms with Crippen molar-refractivity contribution in [1.29, 1.82) is 0 Å². The number of imidazole rings is 1. The number of halogens is 1. The largest absolute Gasteiger partial charge is 0.475 e. The molecule has 0 aromatic carbocycles. The van der Waals surface area contributed by atoms with Crippen LogP contribution < -0.4 is 0 Å². The molecule has 7 heteroatoms. The Hall–Kier alpha value is -0.663. The Morgan fingerprint density at radius 2 is 2.24 bits per heavy atom. The van der Waals surface area contributed by atoms with Crippen molar-refractivity contribution in [2.75, 3.05) is 6.61 Å². The summed E-state index contributed by atoms with van der Waals surface area (Å²) >= 11 is 3.24. The van der Waals surface area contributed by atoms with Crippen LogP contribution in [0.3, 0.4) is 0 Å². The Morgan fingerprint density at radius 1 is 1.59 bits per heavy atom. The second-order valence-electron chi connectivity index (χ2n) is 4.99. The molecular formula is C10H17BrN2O3Si. The van der Waals surface area contributed by atoms with Crippen molar-refractivity contribution in [2.24, 2.45) is 0 Å². The Bertz CT molecular complexity index is 401. The van der Waals surface area contributed by atoms with Gasteiger partial charge in [-0.25, -0.2) is 9.78 Å². The van der Waals surface area contributed by atoms with E-state index in [9.17, 15) is 4.79 Å². The molecule has 0 amide bonds. The summed E-state index contributed by atoms with van der Waals surface area (Å²) in [4.78, 5) is 14.7. The van der Waals surface area contributed by atoms with Crippen LogP contribution in [0.1, 0.15) is 10.6 Å². The van der Waals surface area contributed by atoms with Gasteiger partial charge in [0, 0.05) is 14.7 Å². The van der Waals surface area contributed by atoms with E-state index in [-0.39, 0.29) is 12.6 Å². The molecule has 0 aliphatic carbocycles. The fourth-order valence-corrected chi connectivity index (χ4v) is 2.31. The maximum absolute atomic E-state index is 10.9. The molecule has 0 fully saturated rings. The van der Waals surface area contributed by atoms with Crippen molar-refractivity contribution in [3.63, 3.8) is 0 Å². The van der Waals surface area contributed by atoms with Crippen LogP contribution in [0.4, 0.5) is 0 Å². The lowest BCUT2D eigenvalue weighted by Gasteiger charge is -2.16. The van der Waals surface area contributed by atoms with Gasteiger partial charge in [0.1, 0.15) is 11.3 Å². The minimum Gasteiger partial charge on any atom is -0.475 e. The summed E-state index contributed by atoms with van der Waals surface area (Å²) in [7, 11) is -1.11. The zero-order chi connectivity index (χ0) is 13.1. The van der Waals surface area contributed by atoms with Crippen LogP contribution in [0.25, 0.3) is 0 Å². The molecule has 96 valence electrons. The van der Waals surface area contributed by atoms with E-state index in [1.807, 2.05) is 0 Å². The fourth-order valence-electron chi connectivity index (χ4n) is 1.18. The van der Waals surface area contributed by atoms with Crippen molar-refractivity contribution in [2.45, 2.75) is 32.4 Å². The smallest absolute Gasteiger partial charge is 0.372 e. The monoisotopic (exact) mass is 320 g/mol. The van der Waals surface area contributed by atoms with E-state index < -0.39 is 14.0 Å². The van der Waals surface area contributed by atoms with Gasteiger partial charge in [-0.2, -0.15) is 0 Å². The number of carbonyl (C=O) groups is 1. The number of nitrogens with zero attached hydrogens (tertiary/aromatic N) is 2. The number of carboxylic acids is 1. The average Bonchev–Trinajstić information content (AvgIpc) is 2.53. The summed E-state index contributed by atoms with van der Waals surface area (Å²) < 4.78 is 7.60. The Kier molecular flexibility index (Phi) is 4.90. The molecule has 1 aromatic rings. The maximum Gasteiger partial charge on any atom is 0.372 e. The number of carboxylic acid groups (broad SMARTS) is 1. The second-order valence-corrected chi connectivity index (χ2v) is 11.4. The van der Waals surface area contributed by atoms with Gasteiger partial charge >= 0.3 is 5.97 Å². The van der Waals surface area contributed by atoms with Gasteiger partial charge in [0.05, 0.1) is 6.20 Å². The highest BCUT2D eigenvalue weighted by molar-refractivity contribution is 9.10. The lowest BCUT2D eigenvalue weighted by Crippen LogP contribution is -2.22. The number of hydrogen-bond donors (Lipinski definition) is 1. The Balaban J connectivity index is 2.52. The average molecular weight is 321 g/mol. The molecular weight excluding hydrogens is 304 g/mol. The third-order valence-corrected chi connectivity index (χ3v) is 4.55. The molecule has 0 aliphatic rings. The quantitative estimate of drug-likeness (QED) is 0.646. The molecule has 0 aliphatic heterocycles. The minimum absolute atomic E-state index is 0.00937. The van der Waals surface area contributed by atoms with E-state index in [1.54, 1.807) is 0 Å². The number of ether oxygens (including phenoxy) is 1. The normalized spacial score (nSPS) is 11.8. The van der Waals surface area contributed by atoms with E-state index in [4.69, 9.17) is 9.84 Å². The Morgan fingerprint density at radius 3 is 2.76 bits per heavy atom. The minimum atomic E-state index is -1.11. The predicted molar refractivity (Wildman–Crippen MR) is 71.0 cm³/mol. The molecule has 0 saturated carbocycles. The van der Waals surface area contributed by atoms with E-state index >= 15 is 0 Å². The lowest BCUT2D eigenvalue weighted by atomic mass is 10.6. The number of rotatable bonds is 6. The molecule has 1 aromatic heterocycles. The number of hydrogen-bond acceptors (Lipinski definition) is 3. The predicted octanol–water partition coefficient (Wildman–Crippen LogP) is 2.66. The highest BCUT2D eigenvalue weighted by Crippen LogP contribution is 2.14. The molecule has 1 heterocycles. The van der Waals surface area contributed by atoms with Crippen molar-refractivity contribution >= 4 is 30.0 Å². The van der Waals surface area contributed by atoms with Crippen LogP contribution in [-0.4, -0.2) is 35.3 Å². The van der Waals surface area contributed by atoms with Crippen LogP contribution in [0.5, 0.6) is 0 Å². The molecule has 0 unspecified atom stereocenters. The third-order valence-electron chi connectivity index (χ3n) is 2.21. The molecule has 1 rings (SSSR count). The van der Waals surface area contributed by atoms with E-state index in [1.165, 1.54) is 10.8 Å². The summed E-state index contributed by atoms with van der Waals surface area (Å²) in [6.07, 6.45) is 1.46. The topological polar surface area (TPSA) is 64.4 Å². The van der Waals surface area contributed by atoms with Gasteiger partial charge < -0.3 is 9.84 Å². The first-order valence-electron chi connectivity index (χ1n) is 5.33. The molecule has 0 saturated heterocycles. The number of aromatic nitrogens is 2. The van der Waals surface area contributed by atoms with Gasteiger partial charge in [0.15, 0.2) is 0 Å². The van der Waals surface area contributed by atoms with Gasteiger partial charge in [-0.1, -0.05) is 19.6 Å². The van der Waals surface area contributed by atoms with Crippen LogP contribution in [0, 0.1) is 0 Å². The summed E-state index contributed by atoms with van der Waals surface area (Å²) in [5.41, 5.74) is 0. The van der Waals surface area contributed by atoms with Gasteiger partial charge in [-0.15, -0.1) is 0 Å². The molecule has 1 N–H and O–H groups in total. The Labute approximate surface area is 110 Å². The standard InChI is InChI=1S/C10H17BrN2O3Si/c1-17(2,3)5-4-16-7-13-8(11)6-12-9(13)10(14)15/h6H,4-5,7H2,1-3H3,(H,14,15). The highest BCUT2D eigenvalue weighted by Gasteiger charge is 2.16. The first-order valence-corrected chi connectivity index (χ1v) is 9.83. The van der Waals surface area contributed by atoms with Crippen LogP contribution in [-0.2, 0) is 11.5 Å². The van der Waals surface area contributed by atoms with Gasteiger partial charge in [-0.3, -0.25) is 4.57 Å². The first-order chi connectivity index (χ1) is 7.81. The van der Waals surface area contributed by atoms with Crippen LogP contribution >= 0.6 is 15.9 Å². The van der Waals surface area contributed by atoms with Crippen molar-refractivity contribution in [1.82, 2.24) is 9.55 Å². The van der Waals surface area contributed by atoms with Gasteiger partial charge in [-0.05, 0) is 22.0 Å². The SMILES string of the molecule is C[Si](C)(C)CCOCn1c(Br)cnc1C(=O)O. The summed E-state index contributed by atoms with van der Waals surface area (Å²) in [6.45, 7) is 7.68. The maximum atomic E-state index is 10.9. The molecule has 0 bridgehead atoms. The van der Waals surface area contributed by atoms with E-state index in [2.05, 4.69) is 40.6 Å². The van der Waals surface area contributed by atoms with Crippen LogP contribution in [0.15, 0.2) is 10.8 Å². The second kappa shape index (κ2) is 5.79. The lowest BCUT2D eigenvalue weighted by molar-refractivity contribution is 0.0609. The zero-order valence-electron chi connectivity index (χ0n) is 10.2. The molecule has 5 nitrogen and oxygen atoms in total. The number of aromatic carboxylic acids is 1. The highest BCUT2D eigenvalue weighted by atomic mass is 79.9. The first kappa shape index (κ1) is 14.4. The summed E-state index contributed by atoms with van der Waals surface area (Å²) in [6, 6.07) is 1.06. The molecule has 0 spiro atoms. The van der Waals surface area contributed by atoms with Crippen LogP contribution in [0.2, 0.25) is 25.7 Å². The van der Waals surface area contributed by atoms with Crippen molar-refractivity contribution in [3.05, 3.63) is 16.6 Å². The van der Waals surface area contributed by atoms with E-state index in [0.29, 0.717) is 11.2 Å². The fraction of sp³-hybridized carbons (Fsp3) is 0.600.